The number of hydrogen-bond donors (Lipinski definition) is 2. The van der Waals surface area contributed by atoms with Crippen LogP contribution in [0, 0.1) is 0 Å². The van der Waals surface area contributed by atoms with E-state index in [1.54, 1.807) is 11.0 Å². The Morgan fingerprint density at radius 2 is 2.07 bits per heavy atom. The summed E-state index contributed by atoms with van der Waals surface area (Å²) in [4.78, 5) is 25.5. The molecule has 2 fully saturated rings. The average molecular weight is 377 g/mol. The largest absolute Gasteiger partial charge is 0.669 e. The second-order valence-corrected chi connectivity index (χ2v) is 7.21. The Labute approximate surface area is 155 Å². The quantitative estimate of drug-likeness (QED) is 0.618. The molecule has 9 nitrogen and oxygen atoms in total. The fraction of sp³-hybridized carbons (Fsp3) is 0.529. The molecular formula is C17H20BNO8-2. The number of ether oxygens (including phenoxy) is 2. The minimum absolute atomic E-state index is 0.0113. The lowest BCUT2D eigenvalue weighted by atomic mass is 9.70. The molecule has 146 valence electrons. The van der Waals surface area contributed by atoms with Crippen molar-refractivity contribution in [1.29, 1.82) is 0 Å². The minimum atomic E-state index is -3.11. The molecule has 0 aliphatic carbocycles. The zero-order chi connectivity index (χ0) is 19.2. The second kappa shape index (κ2) is 6.70. The van der Waals surface area contributed by atoms with Crippen molar-refractivity contribution >= 4 is 18.6 Å². The highest BCUT2D eigenvalue weighted by Gasteiger charge is 2.38. The number of carboxylic acids is 1. The van der Waals surface area contributed by atoms with Crippen LogP contribution < -0.4 is 14.5 Å². The standard InChI is InChI=1S/C17H21BNO8/c20-16(13-2-1-7-25-13)19-8-11(9-19)26-12-4-3-10-5-6-18(23,24)27-15(10)14(12)17(21)22/h3-4,11,13,23-24H,1-2,5-9H2,(H,21,22)/q-1/p-1/t13-/m0/s1. The smallest absolute Gasteiger partial charge is 0.430 e. The summed E-state index contributed by atoms with van der Waals surface area (Å²) in [6.45, 7) is -1.86. The summed E-state index contributed by atoms with van der Waals surface area (Å²) in [5, 5.41) is 31.1. The van der Waals surface area contributed by atoms with Gasteiger partial charge in [-0.1, -0.05) is 12.4 Å². The van der Waals surface area contributed by atoms with Gasteiger partial charge in [-0.3, -0.25) is 4.79 Å². The lowest BCUT2D eigenvalue weighted by Gasteiger charge is -2.41. The number of likely N-dealkylation sites (tertiary alicyclic amines) is 1. The molecule has 2 saturated heterocycles. The van der Waals surface area contributed by atoms with Crippen LogP contribution >= 0.6 is 0 Å². The van der Waals surface area contributed by atoms with Crippen LogP contribution in [0.2, 0.25) is 6.32 Å². The average Bonchev–Trinajstić information content (AvgIpc) is 3.10. The fourth-order valence-electron chi connectivity index (χ4n) is 3.67. The Hall–Kier alpha value is -2.30. The summed E-state index contributed by atoms with van der Waals surface area (Å²) in [7, 11) is 0. The van der Waals surface area contributed by atoms with E-state index in [4.69, 9.17) is 14.1 Å². The van der Waals surface area contributed by atoms with Gasteiger partial charge in [-0.25, -0.2) is 0 Å². The molecule has 3 heterocycles. The Kier molecular flexibility index (Phi) is 4.49. The summed E-state index contributed by atoms with van der Waals surface area (Å²) in [5.41, 5.74) is 0.205. The van der Waals surface area contributed by atoms with Crippen molar-refractivity contribution in [3.8, 4) is 11.5 Å². The number of amides is 1. The van der Waals surface area contributed by atoms with E-state index in [2.05, 4.69) is 0 Å². The van der Waals surface area contributed by atoms with E-state index in [-0.39, 0.29) is 41.8 Å². The zero-order valence-electron chi connectivity index (χ0n) is 14.6. The second-order valence-electron chi connectivity index (χ2n) is 7.21. The summed E-state index contributed by atoms with van der Waals surface area (Å²) >= 11 is 0. The highest BCUT2D eigenvalue weighted by Crippen LogP contribution is 2.38. The molecule has 0 spiro atoms. The third-order valence-electron chi connectivity index (χ3n) is 5.16. The first-order chi connectivity index (χ1) is 12.8. The molecule has 4 rings (SSSR count). The number of carbonyl (C=O) groups excluding carboxylic acids is 2. The van der Waals surface area contributed by atoms with Gasteiger partial charge < -0.3 is 39.0 Å². The van der Waals surface area contributed by atoms with Gasteiger partial charge in [0.1, 0.15) is 18.0 Å². The summed E-state index contributed by atoms with van der Waals surface area (Å²) in [5.74, 6) is -1.71. The van der Waals surface area contributed by atoms with Crippen molar-refractivity contribution in [3.63, 3.8) is 0 Å². The number of carbonyl (C=O) groups is 2. The molecule has 10 heteroatoms. The maximum atomic E-state index is 12.2. The molecule has 0 bridgehead atoms. The predicted molar refractivity (Wildman–Crippen MR) is 90.1 cm³/mol. The van der Waals surface area contributed by atoms with Crippen molar-refractivity contribution in [1.82, 2.24) is 4.90 Å². The molecule has 1 aromatic carbocycles. The molecule has 3 aliphatic heterocycles. The van der Waals surface area contributed by atoms with E-state index in [0.29, 0.717) is 31.7 Å². The third-order valence-corrected chi connectivity index (χ3v) is 5.16. The van der Waals surface area contributed by atoms with Gasteiger partial charge in [0, 0.05) is 6.61 Å². The molecule has 0 unspecified atom stereocenters. The van der Waals surface area contributed by atoms with Crippen LogP contribution in [0.4, 0.5) is 0 Å². The number of rotatable bonds is 4. The highest BCUT2D eigenvalue weighted by molar-refractivity contribution is 6.59. The summed E-state index contributed by atoms with van der Waals surface area (Å²) in [6.07, 6.45) is 1.08. The van der Waals surface area contributed by atoms with Crippen LogP contribution in [0.15, 0.2) is 12.1 Å². The van der Waals surface area contributed by atoms with Gasteiger partial charge in [-0.05, 0) is 30.9 Å². The SMILES string of the molecule is O=C([O-])c1c(OC2CN(C(=O)[C@@H]3CCCO3)C2)ccc2c1O[B-](O)(O)CC2. The number of aromatic carboxylic acids is 1. The van der Waals surface area contributed by atoms with Crippen molar-refractivity contribution < 1.29 is 38.9 Å². The van der Waals surface area contributed by atoms with Crippen molar-refractivity contribution in [2.24, 2.45) is 0 Å². The number of aryl methyl sites for hydroxylation is 1. The molecule has 27 heavy (non-hydrogen) atoms. The van der Waals surface area contributed by atoms with Crippen LogP contribution in [-0.2, 0) is 16.0 Å². The van der Waals surface area contributed by atoms with Gasteiger partial charge in [-0.15, -0.1) is 0 Å². The van der Waals surface area contributed by atoms with Gasteiger partial charge in [0.25, 0.3) is 5.91 Å². The van der Waals surface area contributed by atoms with E-state index in [0.717, 1.165) is 6.42 Å². The number of carboxylic acid groups (broad SMARTS) is 1. The van der Waals surface area contributed by atoms with E-state index >= 15 is 0 Å². The molecule has 3 aliphatic rings. The maximum Gasteiger partial charge on any atom is 0.430 e. The molecule has 1 atom stereocenters. The maximum absolute atomic E-state index is 12.2. The first kappa shape index (κ1) is 18.1. The van der Waals surface area contributed by atoms with Gasteiger partial charge in [0.05, 0.1) is 30.4 Å². The molecule has 0 saturated carbocycles. The van der Waals surface area contributed by atoms with Gasteiger partial charge in [0.15, 0.2) is 0 Å². The Morgan fingerprint density at radius 3 is 2.74 bits per heavy atom. The van der Waals surface area contributed by atoms with Crippen LogP contribution in [0.1, 0.15) is 28.8 Å². The monoisotopic (exact) mass is 377 g/mol. The number of benzene rings is 1. The first-order valence-corrected chi connectivity index (χ1v) is 9.07. The topological polar surface area (TPSA) is 129 Å². The summed E-state index contributed by atoms with van der Waals surface area (Å²) < 4.78 is 16.2. The normalized spacial score (nSPS) is 23.9. The Bertz CT molecular complexity index is 770. The first-order valence-electron chi connectivity index (χ1n) is 9.07. The zero-order valence-corrected chi connectivity index (χ0v) is 14.6. The Morgan fingerprint density at radius 1 is 1.30 bits per heavy atom. The molecule has 2 N–H and O–H groups in total. The molecule has 1 aromatic rings. The van der Waals surface area contributed by atoms with Gasteiger partial charge in [-0.2, -0.15) is 0 Å². The van der Waals surface area contributed by atoms with Crippen molar-refractivity contribution in [3.05, 3.63) is 23.3 Å². The van der Waals surface area contributed by atoms with E-state index in [1.807, 2.05) is 0 Å². The van der Waals surface area contributed by atoms with Crippen LogP contribution in [0.5, 0.6) is 11.5 Å². The van der Waals surface area contributed by atoms with Gasteiger partial charge in [0.2, 0.25) is 0 Å². The lowest BCUT2D eigenvalue weighted by Crippen LogP contribution is -2.58. The van der Waals surface area contributed by atoms with Crippen molar-refractivity contribution in [2.75, 3.05) is 19.7 Å². The third kappa shape index (κ3) is 3.47. The van der Waals surface area contributed by atoms with Crippen LogP contribution in [-0.4, -0.2) is 65.5 Å². The molecule has 0 radical (unpaired) electrons. The molecule has 0 aromatic heterocycles. The number of nitrogens with zero attached hydrogens (tertiary/aromatic N) is 1. The van der Waals surface area contributed by atoms with Gasteiger partial charge >= 0.3 is 6.75 Å². The number of fused-ring (bicyclic) bond motifs is 1. The Balaban J connectivity index is 1.47. The highest BCUT2D eigenvalue weighted by atomic mass is 16.6. The van der Waals surface area contributed by atoms with Crippen LogP contribution in [0.25, 0.3) is 0 Å². The minimum Gasteiger partial charge on any atom is -0.669 e. The van der Waals surface area contributed by atoms with E-state index in [1.165, 1.54) is 6.07 Å². The predicted octanol–water partition coefficient (Wildman–Crippen LogP) is -1.32. The van der Waals surface area contributed by atoms with Crippen LogP contribution in [0.3, 0.4) is 0 Å². The van der Waals surface area contributed by atoms with E-state index in [9.17, 15) is 24.7 Å². The summed E-state index contributed by atoms with van der Waals surface area (Å²) in [6, 6.07) is 3.14. The van der Waals surface area contributed by atoms with E-state index < -0.39 is 18.8 Å². The molecular weight excluding hydrogens is 357 g/mol. The van der Waals surface area contributed by atoms with Crippen molar-refractivity contribution in [2.45, 2.75) is 37.8 Å². The molecule has 1 amide bonds. The lowest BCUT2D eigenvalue weighted by molar-refractivity contribution is -0.255. The fourth-order valence-corrected chi connectivity index (χ4v) is 3.67. The number of hydrogen-bond acceptors (Lipinski definition) is 8.